The molecule has 8 rings (SSSR count). The number of ether oxygens (including phenoxy) is 7. The fourth-order valence-electron chi connectivity index (χ4n) is 8.83. The van der Waals surface area contributed by atoms with Crippen molar-refractivity contribution in [3.05, 3.63) is 235 Å². The van der Waals surface area contributed by atoms with Crippen LogP contribution >= 0.6 is 0 Å². The van der Waals surface area contributed by atoms with E-state index < -0.39 is 40.3 Å². The van der Waals surface area contributed by atoms with Crippen LogP contribution in [0.25, 0.3) is 10.4 Å². The fourth-order valence-corrected chi connectivity index (χ4v) is 8.83. The highest BCUT2D eigenvalue weighted by Crippen LogP contribution is 2.47. The van der Waals surface area contributed by atoms with Crippen molar-refractivity contribution in [2.24, 2.45) is 5.11 Å². The molecule has 7 aromatic rings. The third-order valence-electron chi connectivity index (χ3n) is 12.1. The summed E-state index contributed by atoms with van der Waals surface area (Å²) in [7, 11) is 6.41. The minimum atomic E-state index is -1.68. The SMILES string of the molecule is COc1ccc(C(OC[C@H]2O[C@@](COC(c3ccccc3)(c3ccc(OC)cc3)c3ccc(OC)cc3)(n3ccc(=O)[nH]c3=O)C[C@@H]2N=[N+]=[N-])(c2ccccc2)c2ccc(OC)cc2)cc1. The molecule has 6 aromatic carbocycles. The van der Waals surface area contributed by atoms with Crippen LogP contribution in [0.4, 0.5) is 0 Å². The first-order valence-corrected chi connectivity index (χ1v) is 21.2. The molecule has 1 fully saturated rings. The summed E-state index contributed by atoms with van der Waals surface area (Å²) in [6.07, 6.45) is 0.363. The predicted octanol–water partition coefficient (Wildman–Crippen LogP) is 8.71. The number of benzene rings is 6. The van der Waals surface area contributed by atoms with Crippen LogP contribution < -0.4 is 30.2 Å². The van der Waals surface area contributed by atoms with Crippen LogP contribution in [0.3, 0.4) is 0 Å². The van der Waals surface area contributed by atoms with E-state index in [0.717, 1.165) is 33.4 Å². The molecule has 1 aliphatic rings. The second kappa shape index (κ2) is 19.6. The van der Waals surface area contributed by atoms with Gasteiger partial charge < -0.3 is 33.2 Å². The van der Waals surface area contributed by atoms with Gasteiger partial charge in [-0.25, -0.2) is 4.79 Å². The number of nitrogens with zero attached hydrogens (tertiary/aromatic N) is 4. The molecule has 336 valence electrons. The summed E-state index contributed by atoms with van der Waals surface area (Å²) in [5, 5.41) is 4.27. The molecular formula is C52H49N5O9. The standard InChI is InChI=1S/C52H49N5O9/c1-60-42-23-15-38(16-24-42)51(36-11-7-5-8-12-36,39-17-25-43(61-2)26-18-39)64-34-47-46(55-56-53)33-50(66-47,57-32-31-48(58)54-49(57)59)35-65-52(37-13-9-6-10-14-37,40-19-27-44(62-3)28-20-40)41-21-29-45(63-4)30-22-41/h5-32,46-47H,33-35H2,1-4H3,(H,54,58,59)/t46-,47+,50-/m0/s1. The number of H-pyrrole nitrogens is 1. The van der Waals surface area contributed by atoms with Gasteiger partial charge in [-0.1, -0.05) is 114 Å². The number of aromatic nitrogens is 2. The molecule has 1 aliphatic heterocycles. The van der Waals surface area contributed by atoms with Gasteiger partial charge in [0.15, 0.2) is 5.72 Å². The van der Waals surface area contributed by atoms with E-state index in [2.05, 4.69) is 15.0 Å². The van der Waals surface area contributed by atoms with E-state index in [1.807, 2.05) is 158 Å². The van der Waals surface area contributed by atoms with Crippen LogP contribution in [0.2, 0.25) is 0 Å². The molecule has 14 heteroatoms. The second-order valence-corrected chi connectivity index (χ2v) is 15.7. The Kier molecular flexibility index (Phi) is 13.4. The topological polar surface area (TPSA) is 168 Å². The molecule has 14 nitrogen and oxygen atoms in total. The number of hydrogen-bond acceptors (Lipinski definition) is 10. The highest BCUT2D eigenvalue weighted by atomic mass is 16.6. The quantitative estimate of drug-likeness (QED) is 0.0384. The van der Waals surface area contributed by atoms with Crippen molar-refractivity contribution in [3.8, 4) is 23.0 Å². The van der Waals surface area contributed by atoms with Gasteiger partial charge in [0, 0.05) is 23.6 Å². The summed E-state index contributed by atoms with van der Waals surface area (Å²) >= 11 is 0. The van der Waals surface area contributed by atoms with E-state index in [1.54, 1.807) is 28.4 Å². The van der Waals surface area contributed by atoms with Crippen molar-refractivity contribution in [2.45, 2.75) is 35.5 Å². The normalized spacial score (nSPS) is 17.1. The summed E-state index contributed by atoms with van der Waals surface area (Å²) in [5.41, 5.74) is 9.06. The maximum atomic E-state index is 14.0. The van der Waals surface area contributed by atoms with Crippen LogP contribution in [-0.4, -0.2) is 63.3 Å². The number of rotatable bonds is 18. The Hall–Kier alpha value is -7.61. The minimum absolute atomic E-state index is 0.0451. The molecule has 0 unspecified atom stereocenters. The van der Waals surface area contributed by atoms with Crippen molar-refractivity contribution >= 4 is 0 Å². The van der Waals surface area contributed by atoms with E-state index in [9.17, 15) is 15.1 Å². The average molecular weight is 888 g/mol. The van der Waals surface area contributed by atoms with Gasteiger partial charge in [0.1, 0.15) is 34.2 Å². The van der Waals surface area contributed by atoms with Crippen molar-refractivity contribution in [1.29, 1.82) is 0 Å². The molecule has 0 aliphatic carbocycles. The van der Waals surface area contributed by atoms with Crippen LogP contribution in [0.1, 0.15) is 39.8 Å². The zero-order valence-corrected chi connectivity index (χ0v) is 36.9. The van der Waals surface area contributed by atoms with Gasteiger partial charge in [-0.05, 0) is 87.4 Å². The van der Waals surface area contributed by atoms with Crippen molar-refractivity contribution in [3.63, 3.8) is 0 Å². The molecule has 1 aromatic heterocycles. The number of methoxy groups -OCH3 is 4. The minimum Gasteiger partial charge on any atom is -0.497 e. The molecule has 0 amide bonds. The number of aromatic amines is 1. The molecular weight excluding hydrogens is 839 g/mol. The molecule has 0 saturated carbocycles. The third-order valence-corrected chi connectivity index (χ3v) is 12.1. The first-order valence-electron chi connectivity index (χ1n) is 21.2. The lowest BCUT2D eigenvalue weighted by Gasteiger charge is -2.40. The van der Waals surface area contributed by atoms with E-state index in [1.165, 1.54) is 16.8 Å². The van der Waals surface area contributed by atoms with Gasteiger partial charge in [0.05, 0.1) is 53.8 Å². The average Bonchev–Trinajstić information content (AvgIpc) is 3.73. The Morgan fingerprint density at radius 2 is 1.00 bits per heavy atom. The van der Waals surface area contributed by atoms with E-state index in [0.29, 0.717) is 23.0 Å². The lowest BCUT2D eigenvalue weighted by Crippen LogP contribution is -2.49. The fraction of sp³-hybridized carbons (Fsp3) is 0.231. The van der Waals surface area contributed by atoms with Gasteiger partial charge in [-0.3, -0.25) is 14.3 Å². The van der Waals surface area contributed by atoms with Crippen molar-refractivity contribution in [1.82, 2.24) is 9.55 Å². The summed E-state index contributed by atoms with van der Waals surface area (Å²) in [6, 6.07) is 50.1. The summed E-state index contributed by atoms with van der Waals surface area (Å²) < 4.78 is 45.3. The van der Waals surface area contributed by atoms with E-state index in [-0.39, 0.29) is 19.6 Å². The molecule has 2 heterocycles. The number of nitrogens with one attached hydrogen (secondary N) is 1. The molecule has 1 N–H and O–H groups in total. The molecule has 1 saturated heterocycles. The molecule has 3 atom stereocenters. The lowest BCUT2D eigenvalue weighted by molar-refractivity contribution is -0.181. The van der Waals surface area contributed by atoms with Crippen LogP contribution in [0.15, 0.2) is 185 Å². The highest BCUT2D eigenvalue weighted by Gasteiger charge is 2.52. The lowest BCUT2D eigenvalue weighted by atomic mass is 9.80. The largest absolute Gasteiger partial charge is 0.497 e. The highest BCUT2D eigenvalue weighted by molar-refractivity contribution is 5.51. The van der Waals surface area contributed by atoms with Gasteiger partial charge in [0.25, 0.3) is 5.56 Å². The Balaban J connectivity index is 1.27. The maximum absolute atomic E-state index is 14.0. The van der Waals surface area contributed by atoms with Crippen LogP contribution in [0, 0.1) is 0 Å². The first kappa shape index (κ1) is 45.0. The zero-order valence-electron chi connectivity index (χ0n) is 36.9. The molecule has 0 bridgehead atoms. The predicted molar refractivity (Wildman–Crippen MR) is 248 cm³/mol. The summed E-state index contributed by atoms with van der Waals surface area (Å²) in [4.78, 5) is 32.3. The van der Waals surface area contributed by atoms with Gasteiger partial charge in [-0.2, -0.15) is 0 Å². The van der Waals surface area contributed by atoms with E-state index in [4.69, 9.17) is 33.2 Å². The van der Waals surface area contributed by atoms with Gasteiger partial charge in [-0.15, -0.1) is 0 Å². The van der Waals surface area contributed by atoms with Crippen LogP contribution in [-0.2, 0) is 31.1 Å². The molecule has 0 spiro atoms. The Labute approximate surface area is 381 Å². The molecule has 66 heavy (non-hydrogen) atoms. The van der Waals surface area contributed by atoms with Gasteiger partial charge in [0.2, 0.25) is 0 Å². The Morgan fingerprint density at radius 3 is 1.38 bits per heavy atom. The monoisotopic (exact) mass is 887 g/mol. The van der Waals surface area contributed by atoms with E-state index >= 15 is 0 Å². The summed E-state index contributed by atoms with van der Waals surface area (Å²) in [6.45, 7) is -0.433. The number of hydrogen-bond donors (Lipinski definition) is 1. The van der Waals surface area contributed by atoms with Crippen molar-refractivity contribution in [2.75, 3.05) is 41.7 Å². The maximum Gasteiger partial charge on any atom is 0.330 e. The Bertz CT molecular complexity index is 2770. The number of azide groups is 1. The third kappa shape index (κ3) is 8.65. The van der Waals surface area contributed by atoms with Crippen molar-refractivity contribution < 1.29 is 33.2 Å². The smallest absolute Gasteiger partial charge is 0.330 e. The Morgan fingerprint density at radius 1 is 0.606 bits per heavy atom. The second-order valence-electron chi connectivity index (χ2n) is 15.7. The summed E-state index contributed by atoms with van der Waals surface area (Å²) in [5.74, 6) is 2.60. The van der Waals surface area contributed by atoms with Crippen LogP contribution in [0.5, 0.6) is 23.0 Å². The van der Waals surface area contributed by atoms with Gasteiger partial charge >= 0.3 is 5.69 Å². The zero-order chi connectivity index (χ0) is 46.2. The molecule has 0 radical (unpaired) electrons. The first-order chi connectivity index (χ1) is 32.2.